The van der Waals surface area contributed by atoms with E-state index in [0.717, 1.165) is 19.4 Å². The first-order valence-electron chi connectivity index (χ1n) is 7.54. The summed E-state index contributed by atoms with van der Waals surface area (Å²) < 4.78 is 0. The summed E-state index contributed by atoms with van der Waals surface area (Å²) in [5, 5.41) is 3.69. The van der Waals surface area contributed by atoms with Gasteiger partial charge in [0.2, 0.25) is 0 Å². The van der Waals surface area contributed by atoms with Crippen LogP contribution in [0.15, 0.2) is 30.3 Å². The lowest BCUT2D eigenvalue weighted by atomic mass is 10.0. The average molecular weight is 287 g/mol. The van der Waals surface area contributed by atoms with Crippen molar-refractivity contribution in [3.8, 4) is 0 Å². The maximum absolute atomic E-state index is 3.69. The molecule has 108 valence electrons. The van der Waals surface area contributed by atoms with Crippen molar-refractivity contribution in [2.75, 3.05) is 6.54 Å². The van der Waals surface area contributed by atoms with Crippen molar-refractivity contribution in [1.82, 2.24) is 5.32 Å². The summed E-state index contributed by atoms with van der Waals surface area (Å²) in [6.07, 6.45) is 2.26. The lowest BCUT2D eigenvalue weighted by molar-refractivity contribution is 0.605. The second kappa shape index (κ2) is 7.05. The van der Waals surface area contributed by atoms with Gasteiger partial charge < -0.3 is 5.32 Å². The number of hydrogen-bond acceptors (Lipinski definition) is 2. The number of aryl methyl sites for hydroxylation is 3. The Labute approximate surface area is 127 Å². The average Bonchev–Trinajstić information content (AvgIpc) is 2.79. The maximum atomic E-state index is 3.69. The highest BCUT2D eigenvalue weighted by atomic mass is 32.1. The van der Waals surface area contributed by atoms with Gasteiger partial charge in [0.1, 0.15) is 0 Å². The van der Waals surface area contributed by atoms with Gasteiger partial charge in [-0.25, -0.2) is 0 Å². The monoisotopic (exact) mass is 287 g/mol. The molecule has 0 saturated heterocycles. The molecular formula is C18H25NS. The minimum absolute atomic E-state index is 0.332. The predicted octanol–water partition coefficient (Wildman–Crippen LogP) is 5.02. The van der Waals surface area contributed by atoms with Crippen molar-refractivity contribution in [2.24, 2.45) is 0 Å². The summed E-state index contributed by atoms with van der Waals surface area (Å²) in [5.41, 5.74) is 4.18. The number of hydrogen-bond donors (Lipinski definition) is 1. The molecule has 1 atom stereocenters. The van der Waals surface area contributed by atoms with Gasteiger partial charge >= 0.3 is 0 Å². The number of rotatable bonds is 6. The molecule has 0 spiro atoms. The fourth-order valence-electron chi connectivity index (χ4n) is 2.36. The zero-order chi connectivity index (χ0) is 14.5. The molecule has 2 rings (SSSR count). The molecule has 1 unspecified atom stereocenters. The summed E-state index contributed by atoms with van der Waals surface area (Å²) >= 11 is 1.92. The second-order valence-electron chi connectivity index (χ2n) is 5.37. The van der Waals surface area contributed by atoms with Crippen LogP contribution < -0.4 is 5.32 Å². The molecule has 0 bridgehead atoms. The van der Waals surface area contributed by atoms with E-state index in [1.165, 1.54) is 26.4 Å². The van der Waals surface area contributed by atoms with Crippen LogP contribution in [0.4, 0.5) is 0 Å². The molecule has 20 heavy (non-hydrogen) atoms. The predicted molar refractivity (Wildman–Crippen MR) is 89.7 cm³/mol. The van der Waals surface area contributed by atoms with Crippen molar-refractivity contribution in [3.05, 3.63) is 56.8 Å². The third-order valence-electron chi connectivity index (χ3n) is 3.79. The van der Waals surface area contributed by atoms with Crippen LogP contribution >= 0.6 is 11.3 Å². The Balaban J connectivity index is 2.30. The van der Waals surface area contributed by atoms with E-state index in [4.69, 9.17) is 0 Å². The van der Waals surface area contributed by atoms with Crippen LogP contribution in [0.5, 0.6) is 0 Å². The molecule has 0 aliphatic heterocycles. The number of thiophene rings is 1. The van der Waals surface area contributed by atoms with E-state index in [1.54, 1.807) is 0 Å². The van der Waals surface area contributed by atoms with Gasteiger partial charge in [0.15, 0.2) is 0 Å². The lowest BCUT2D eigenvalue weighted by Crippen LogP contribution is -2.22. The van der Waals surface area contributed by atoms with E-state index >= 15 is 0 Å². The van der Waals surface area contributed by atoms with Gasteiger partial charge in [-0.15, -0.1) is 11.3 Å². The highest BCUT2D eigenvalue weighted by Gasteiger charge is 2.16. The molecular weight excluding hydrogens is 262 g/mol. The third-order valence-corrected chi connectivity index (χ3v) is 5.01. The normalized spacial score (nSPS) is 12.6. The summed E-state index contributed by atoms with van der Waals surface area (Å²) in [4.78, 5) is 2.85. The van der Waals surface area contributed by atoms with Gasteiger partial charge in [0, 0.05) is 9.75 Å². The van der Waals surface area contributed by atoms with Gasteiger partial charge in [-0.05, 0) is 56.0 Å². The first-order chi connectivity index (χ1) is 9.65. The van der Waals surface area contributed by atoms with E-state index in [2.05, 4.69) is 63.3 Å². The first kappa shape index (κ1) is 15.3. The Morgan fingerprint density at radius 3 is 2.30 bits per heavy atom. The zero-order valence-corrected chi connectivity index (χ0v) is 13.8. The molecule has 1 aromatic carbocycles. The molecule has 0 radical (unpaired) electrons. The van der Waals surface area contributed by atoms with Gasteiger partial charge in [-0.3, -0.25) is 0 Å². The lowest BCUT2D eigenvalue weighted by Gasteiger charge is -2.18. The summed E-state index contributed by atoms with van der Waals surface area (Å²) in [7, 11) is 0. The van der Waals surface area contributed by atoms with Gasteiger partial charge in [0.05, 0.1) is 6.04 Å². The van der Waals surface area contributed by atoms with Crippen LogP contribution in [0.1, 0.15) is 52.8 Å². The highest BCUT2D eigenvalue weighted by molar-refractivity contribution is 7.12. The van der Waals surface area contributed by atoms with Crippen LogP contribution in [-0.2, 0) is 6.42 Å². The molecule has 0 amide bonds. The fourth-order valence-corrected chi connectivity index (χ4v) is 3.51. The maximum Gasteiger partial charge on any atom is 0.0671 e. The van der Waals surface area contributed by atoms with Crippen molar-refractivity contribution in [2.45, 2.75) is 46.6 Å². The second-order valence-corrected chi connectivity index (χ2v) is 6.66. The Kier molecular flexibility index (Phi) is 5.38. The van der Waals surface area contributed by atoms with Crippen molar-refractivity contribution in [1.29, 1.82) is 0 Å². The number of benzene rings is 1. The smallest absolute Gasteiger partial charge is 0.0671 e. The van der Waals surface area contributed by atoms with Crippen molar-refractivity contribution in [3.63, 3.8) is 0 Å². The van der Waals surface area contributed by atoms with E-state index in [1.807, 2.05) is 11.3 Å². The molecule has 2 aromatic rings. The van der Waals surface area contributed by atoms with Crippen LogP contribution in [-0.4, -0.2) is 6.54 Å². The fraction of sp³-hybridized carbons (Fsp3) is 0.444. The third kappa shape index (κ3) is 3.50. The van der Waals surface area contributed by atoms with Crippen LogP contribution in [0, 0.1) is 13.8 Å². The molecule has 0 aliphatic rings. The summed E-state index contributed by atoms with van der Waals surface area (Å²) in [6.45, 7) is 9.88. The topological polar surface area (TPSA) is 12.0 Å². The molecule has 1 N–H and O–H groups in total. The molecule has 1 aromatic heterocycles. The van der Waals surface area contributed by atoms with Crippen LogP contribution in [0.25, 0.3) is 0 Å². The SMILES string of the molecule is CCCNC(c1ccc(CC)cc1)c1cc(C)c(C)s1. The molecule has 0 fully saturated rings. The molecule has 2 heteroatoms. The summed E-state index contributed by atoms with van der Waals surface area (Å²) in [6, 6.07) is 11.7. The Bertz CT molecular complexity index is 520. The highest BCUT2D eigenvalue weighted by Crippen LogP contribution is 2.31. The Morgan fingerprint density at radius 2 is 1.80 bits per heavy atom. The van der Waals surface area contributed by atoms with E-state index < -0.39 is 0 Å². The van der Waals surface area contributed by atoms with Crippen molar-refractivity contribution >= 4 is 11.3 Å². The van der Waals surface area contributed by atoms with Crippen LogP contribution in [0.2, 0.25) is 0 Å². The first-order valence-corrected chi connectivity index (χ1v) is 8.36. The number of nitrogens with one attached hydrogen (secondary N) is 1. The largest absolute Gasteiger partial charge is 0.306 e. The molecule has 0 aliphatic carbocycles. The van der Waals surface area contributed by atoms with E-state index in [-0.39, 0.29) is 0 Å². The van der Waals surface area contributed by atoms with E-state index in [0.29, 0.717) is 6.04 Å². The Morgan fingerprint density at radius 1 is 1.10 bits per heavy atom. The quantitative estimate of drug-likeness (QED) is 0.787. The molecule has 0 saturated carbocycles. The minimum Gasteiger partial charge on any atom is -0.306 e. The summed E-state index contributed by atoms with van der Waals surface area (Å²) in [5.74, 6) is 0. The van der Waals surface area contributed by atoms with Gasteiger partial charge in [0.25, 0.3) is 0 Å². The van der Waals surface area contributed by atoms with Crippen LogP contribution in [0.3, 0.4) is 0 Å². The standard InChI is InChI=1S/C18H25NS/c1-5-11-19-18(17-12-13(3)14(4)20-17)16-9-7-15(6-2)8-10-16/h7-10,12,18-19H,5-6,11H2,1-4H3. The van der Waals surface area contributed by atoms with Gasteiger partial charge in [-0.1, -0.05) is 38.1 Å². The molecule has 1 heterocycles. The zero-order valence-electron chi connectivity index (χ0n) is 13.0. The molecule has 1 nitrogen and oxygen atoms in total. The minimum atomic E-state index is 0.332. The Hall–Kier alpha value is -1.12. The van der Waals surface area contributed by atoms with Crippen molar-refractivity contribution < 1.29 is 0 Å². The van der Waals surface area contributed by atoms with E-state index in [9.17, 15) is 0 Å². The van der Waals surface area contributed by atoms with Gasteiger partial charge in [-0.2, -0.15) is 0 Å².